The molecule has 0 saturated carbocycles. The van der Waals surface area contributed by atoms with Gasteiger partial charge in [0, 0.05) is 44.1 Å². The van der Waals surface area contributed by atoms with Gasteiger partial charge >= 0.3 is 0 Å². The number of nitrogens with one attached hydrogen (secondary N) is 2. The normalized spacial score (nSPS) is 12.3. The molecule has 2 rings (SSSR count). The second kappa shape index (κ2) is 12.7. The monoisotopic (exact) mass is 514 g/mol. The minimum Gasteiger partial charge on any atom is -0.477 e. The van der Waals surface area contributed by atoms with E-state index < -0.39 is 0 Å². The third-order valence-corrected chi connectivity index (χ3v) is 4.81. The molecule has 2 aromatic rings. The first-order valence-electron chi connectivity index (χ1n) is 9.99. The number of hydrogen-bond donors (Lipinski definition) is 2. The van der Waals surface area contributed by atoms with E-state index in [1.807, 2.05) is 23.9 Å². The minimum atomic E-state index is 0. The summed E-state index contributed by atoms with van der Waals surface area (Å²) in [6.07, 6.45) is 4.78. The predicted octanol–water partition coefficient (Wildman–Crippen LogP) is 3.53. The Hall–Kier alpha value is -1.84. The smallest absolute Gasteiger partial charge is 0.218 e. The Labute approximate surface area is 191 Å². The van der Waals surface area contributed by atoms with Crippen LogP contribution in [-0.2, 0) is 20.0 Å². The lowest BCUT2D eigenvalue weighted by Crippen LogP contribution is -2.42. The van der Waals surface area contributed by atoms with Crippen LogP contribution in [0.15, 0.2) is 23.3 Å². The Bertz CT molecular complexity index is 789. The van der Waals surface area contributed by atoms with Crippen LogP contribution in [0.3, 0.4) is 0 Å². The largest absolute Gasteiger partial charge is 0.477 e. The molecule has 29 heavy (non-hydrogen) atoms. The van der Waals surface area contributed by atoms with Gasteiger partial charge in [-0.2, -0.15) is 5.10 Å². The van der Waals surface area contributed by atoms with Gasteiger partial charge in [-0.3, -0.25) is 9.67 Å². The number of rotatable bonds is 9. The summed E-state index contributed by atoms with van der Waals surface area (Å²) in [5.74, 6) is 1.45. The summed E-state index contributed by atoms with van der Waals surface area (Å²) in [5, 5.41) is 11.3. The lowest BCUT2D eigenvalue weighted by molar-refractivity contribution is 0.294. The van der Waals surface area contributed by atoms with E-state index in [0.717, 1.165) is 36.5 Å². The maximum absolute atomic E-state index is 5.81. The van der Waals surface area contributed by atoms with Gasteiger partial charge < -0.3 is 15.4 Å². The van der Waals surface area contributed by atoms with E-state index in [9.17, 15) is 0 Å². The van der Waals surface area contributed by atoms with Crippen molar-refractivity contribution in [3.8, 4) is 5.88 Å². The number of aromatic nitrogens is 3. The van der Waals surface area contributed by atoms with Gasteiger partial charge in [0.1, 0.15) is 0 Å². The molecule has 1 atom stereocenters. The van der Waals surface area contributed by atoms with Crippen molar-refractivity contribution in [1.82, 2.24) is 25.4 Å². The second-order valence-corrected chi connectivity index (χ2v) is 7.12. The Morgan fingerprint density at radius 2 is 2.10 bits per heavy atom. The van der Waals surface area contributed by atoms with Crippen molar-refractivity contribution in [3.05, 3.63) is 40.8 Å². The molecule has 0 aliphatic carbocycles. The number of hydrogen-bond acceptors (Lipinski definition) is 4. The third-order valence-electron chi connectivity index (χ3n) is 4.81. The summed E-state index contributed by atoms with van der Waals surface area (Å²) in [7, 11) is 3.77. The van der Waals surface area contributed by atoms with E-state index in [4.69, 9.17) is 4.74 Å². The number of pyridine rings is 1. The molecule has 0 spiro atoms. The first-order chi connectivity index (χ1) is 13.5. The van der Waals surface area contributed by atoms with Gasteiger partial charge in [-0.1, -0.05) is 19.4 Å². The summed E-state index contributed by atoms with van der Waals surface area (Å²) in [4.78, 5) is 8.71. The van der Waals surface area contributed by atoms with Crippen LogP contribution in [0, 0.1) is 13.8 Å². The van der Waals surface area contributed by atoms with Gasteiger partial charge in [0.2, 0.25) is 5.88 Å². The van der Waals surface area contributed by atoms with Crippen molar-refractivity contribution < 1.29 is 4.74 Å². The van der Waals surface area contributed by atoms with Gasteiger partial charge in [0.15, 0.2) is 5.96 Å². The molecular formula is C21H35IN6O. The average molecular weight is 514 g/mol. The molecule has 0 aliphatic heterocycles. The van der Waals surface area contributed by atoms with Gasteiger partial charge in [0.05, 0.1) is 12.3 Å². The van der Waals surface area contributed by atoms with Gasteiger partial charge in [-0.25, -0.2) is 4.98 Å². The molecule has 0 saturated heterocycles. The molecule has 0 fully saturated rings. The van der Waals surface area contributed by atoms with Crippen LogP contribution in [0.5, 0.6) is 5.88 Å². The highest BCUT2D eigenvalue weighted by atomic mass is 127. The van der Waals surface area contributed by atoms with E-state index in [-0.39, 0.29) is 30.0 Å². The molecule has 0 radical (unpaired) electrons. The van der Waals surface area contributed by atoms with Crippen molar-refractivity contribution in [2.75, 3.05) is 13.7 Å². The molecule has 0 aliphatic rings. The standard InChI is InChI=1S/C21H34N6O.HI/c1-7-8-12-28-20-18(10-9-11-23-20)14-24-21(22-5)25-15(2)13-19-16(3)26-27(6)17(19)4;/h9-11,15H,7-8,12-14H2,1-6H3,(H2,22,24,25);1H. The first-order valence-corrected chi connectivity index (χ1v) is 9.99. The fourth-order valence-electron chi connectivity index (χ4n) is 3.08. The Balaban J connectivity index is 0.00000420. The Morgan fingerprint density at radius 1 is 1.34 bits per heavy atom. The summed E-state index contributed by atoms with van der Waals surface area (Å²) >= 11 is 0. The van der Waals surface area contributed by atoms with Crippen molar-refractivity contribution in [3.63, 3.8) is 0 Å². The fraction of sp³-hybridized carbons (Fsp3) is 0.571. The topological polar surface area (TPSA) is 76.4 Å². The van der Waals surface area contributed by atoms with Crippen molar-refractivity contribution in [2.24, 2.45) is 12.0 Å². The average Bonchev–Trinajstić information content (AvgIpc) is 2.92. The van der Waals surface area contributed by atoms with Gasteiger partial charge in [-0.15, -0.1) is 24.0 Å². The van der Waals surface area contributed by atoms with E-state index in [1.165, 1.54) is 11.3 Å². The summed E-state index contributed by atoms with van der Waals surface area (Å²) in [6.45, 7) is 9.76. The van der Waals surface area contributed by atoms with Crippen LogP contribution in [0.25, 0.3) is 0 Å². The van der Waals surface area contributed by atoms with E-state index >= 15 is 0 Å². The van der Waals surface area contributed by atoms with E-state index in [2.05, 4.69) is 53.4 Å². The van der Waals surface area contributed by atoms with Crippen LogP contribution in [0.2, 0.25) is 0 Å². The molecule has 2 heterocycles. The molecule has 162 valence electrons. The molecule has 1 unspecified atom stereocenters. The fourth-order valence-corrected chi connectivity index (χ4v) is 3.08. The van der Waals surface area contributed by atoms with Gasteiger partial charge in [-0.05, 0) is 45.2 Å². The SMILES string of the molecule is CCCCOc1ncccc1CNC(=NC)NC(C)Cc1c(C)nn(C)c1C.I. The zero-order chi connectivity index (χ0) is 20.5. The summed E-state index contributed by atoms with van der Waals surface area (Å²) in [6, 6.07) is 4.18. The quantitative estimate of drug-likeness (QED) is 0.232. The highest BCUT2D eigenvalue weighted by molar-refractivity contribution is 14.0. The highest BCUT2D eigenvalue weighted by Crippen LogP contribution is 2.15. The van der Waals surface area contributed by atoms with Crippen LogP contribution < -0.4 is 15.4 Å². The van der Waals surface area contributed by atoms with Crippen molar-refractivity contribution >= 4 is 29.9 Å². The lowest BCUT2D eigenvalue weighted by Gasteiger charge is -2.19. The lowest BCUT2D eigenvalue weighted by atomic mass is 10.1. The predicted molar refractivity (Wildman–Crippen MR) is 129 cm³/mol. The number of aliphatic imine (C=N–C) groups is 1. The molecular weight excluding hydrogens is 479 g/mol. The number of nitrogens with zero attached hydrogens (tertiary/aromatic N) is 4. The maximum atomic E-state index is 5.81. The summed E-state index contributed by atoms with van der Waals surface area (Å²) < 4.78 is 7.75. The highest BCUT2D eigenvalue weighted by Gasteiger charge is 2.14. The Morgan fingerprint density at radius 3 is 2.72 bits per heavy atom. The maximum Gasteiger partial charge on any atom is 0.218 e. The molecule has 7 nitrogen and oxygen atoms in total. The third kappa shape index (κ3) is 7.49. The number of guanidine groups is 1. The molecule has 8 heteroatoms. The zero-order valence-corrected chi connectivity index (χ0v) is 20.8. The minimum absolute atomic E-state index is 0. The zero-order valence-electron chi connectivity index (χ0n) is 18.5. The van der Waals surface area contributed by atoms with Gasteiger partial charge in [0.25, 0.3) is 0 Å². The number of unbranched alkanes of at least 4 members (excludes halogenated alkanes) is 1. The molecule has 0 bridgehead atoms. The Kier molecular flexibility index (Phi) is 11.0. The van der Waals surface area contributed by atoms with Crippen molar-refractivity contribution in [2.45, 2.75) is 59.5 Å². The summed E-state index contributed by atoms with van der Waals surface area (Å²) in [5.41, 5.74) is 4.60. The van der Waals surface area contributed by atoms with Crippen LogP contribution in [0.4, 0.5) is 0 Å². The molecule has 0 aromatic carbocycles. The van der Waals surface area contributed by atoms with Crippen LogP contribution in [-0.4, -0.2) is 40.4 Å². The van der Waals surface area contributed by atoms with Crippen LogP contribution >= 0.6 is 24.0 Å². The second-order valence-electron chi connectivity index (χ2n) is 7.12. The first kappa shape index (κ1) is 25.2. The van der Waals surface area contributed by atoms with Crippen molar-refractivity contribution in [1.29, 1.82) is 0 Å². The molecule has 2 N–H and O–H groups in total. The van der Waals surface area contributed by atoms with E-state index in [0.29, 0.717) is 19.0 Å². The number of halogens is 1. The number of aryl methyl sites for hydroxylation is 2. The van der Waals surface area contributed by atoms with Crippen LogP contribution in [0.1, 0.15) is 49.2 Å². The van der Waals surface area contributed by atoms with E-state index in [1.54, 1.807) is 13.2 Å². The number of ether oxygens (including phenoxy) is 1. The molecule has 2 aromatic heterocycles. The molecule has 0 amide bonds.